The SMILES string of the molecule is CN(C(=O)[C@H](Cc1cccc(N)c1C=N)Nc1ccc(-c2ccc(Cl)cc2C#N)cc1)S(C)(=O)=O. The molecular formula is C25H24ClN5O3S. The fourth-order valence-corrected chi connectivity index (χ4v) is 4.22. The summed E-state index contributed by atoms with van der Waals surface area (Å²) in [6.45, 7) is 0. The summed E-state index contributed by atoms with van der Waals surface area (Å²) in [5.74, 6) is -0.653. The van der Waals surface area contributed by atoms with E-state index in [9.17, 15) is 18.5 Å². The van der Waals surface area contributed by atoms with Crippen LogP contribution in [0.1, 0.15) is 16.7 Å². The van der Waals surface area contributed by atoms with Gasteiger partial charge in [-0.25, -0.2) is 12.7 Å². The van der Waals surface area contributed by atoms with E-state index in [1.165, 1.54) is 7.05 Å². The van der Waals surface area contributed by atoms with Gasteiger partial charge in [-0.15, -0.1) is 0 Å². The number of nitrogens with one attached hydrogen (secondary N) is 2. The van der Waals surface area contributed by atoms with E-state index in [1.807, 2.05) is 0 Å². The molecule has 0 aliphatic rings. The van der Waals surface area contributed by atoms with Crippen LogP contribution in [-0.4, -0.2) is 44.2 Å². The third kappa shape index (κ3) is 5.98. The van der Waals surface area contributed by atoms with Gasteiger partial charge in [0.25, 0.3) is 5.91 Å². The normalized spacial score (nSPS) is 11.8. The van der Waals surface area contributed by atoms with Crippen LogP contribution in [0.15, 0.2) is 60.7 Å². The molecule has 0 heterocycles. The number of sulfonamides is 1. The number of nitrogens with two attached hydrogens (primary N) is 1. The van der Waals surface area contributed by atoms with Crippen molar-refractivity contribution in [1.82, 2.24) is 4.31 Å². The zero-order valence-corrected chi connectivity index (χ0v) is 20.7. The Morgan fingerprint density at radius 3 is 2.51 bits per heavy atom. The van der Waals surface area contributed by atoms with Gasteiger partial charge in [-0.2, -0.15) is 5.26 Å². The lowest BCUT2D eigenvalue weighted by Gasteiger charge is -2.25. The largest absolute Gasteiger partial charge is 0.398 e. The summed E-state index contributed by atoms with van der Waals surface area (Å²) in [7, 11) is -2.57. The maximum Gasteiger partial charge on any atom is 0.258 e. The molecule has 8 nitrogen and oxygen atoms in total. The molecule has 0 aliphatic carbocycles. The number of benzene rings is 3. The van der Waals surface area contributed by atoms with Gasteiger partial charge in [0.1, 0.15) is 6.04 Å². The number of carbonyl (C=O) groups is 1. The molecule has 3 rings (SSSR count). The Kier molecular flexibility index (Phi) is 7.79. The average molecular weight is 510 g/mol. The molecule has 35 heavy (non-hydrogen) atoms. The Labute approximate surface area is 209 Å². The van der Waals surface area contributed by atoms with E-state index in [-0.39, 0.29) is 6.42 Å². The van der Waals surface area contributed by atoms with Gasteiger partial charge in [-0.1, -0.05) is 41.9 Å². The molecule has 10 heteroatoms. The van der Waals surface area contributed by atoms with Crippen molar-refractivity contribution in [3.63, 3.8) is 0 Å². The number of halogens is 1. The maximum atomic E-state index is 13.1. The predicted octanol–water partition coefficient (Wildman–Crippen LogP) is 3.90. The topological polar surface area (TPSA) is 140 Å². The average Bonchev–Trinajstić information content (AvgIpc) is 2.82. The fourth-order valence-electron chi connectivity index (χ4n) is 3.60. The summed E-state index contributed by atoms with van der Waals surface area (Å²) >= 11 is 5.99. The highest BCUT2D eigenvalue weighted by Crippen LogP contribution is 2.28. The Balaban J connectivity index is 1.95. The van der Waals surface area contributed by atoms with Crippen molar-refractivity contribution in [3.8, 4) is 17.2 Å². The maximum absolute atomic E-state index is 13.1. The van der Waals surface area contributed by atoms with Crippen molar-refractivity contribution in [2.75, 3.05) is 24.4 Å². The lowest BCUT2D eigenvalue weighted by atomic mass is 9.98. The molecule has 180 valence electrons. The summed E-state index contributed by atoms with van der Waals surface area (Å²) in [6.07, 6.45) is 2.17. The number of carbonyl (C=O) groups excluding carboxylic acids is 1. The first-order valence-electron chi connectivity index (χ1n) is 10.5. The molecule has 0 fully saturated rings. The van der Waals surface area contributed by atoms with E-state index in [0.717, 1.165) is 18.0 Å². The highest BCUT2D eigenvalue weighted by atomic mass is 35.5. The zero-order chi connectivity index (χ0) is 25.8. The van der Waals surface area contributed by atoms with Crippen molar-refractivity contribution in [2.45, 2.75) is 12.5 Å². The third-order valence-electron chi connectivity index (χ3n) is 5.54. The molecule has 1 atom stereocenters. The van der Waals surface area contributed by atoms with Gasteiger partial charge in [-0.05, 0) is 47.0 Å². The number of amides is 1. The molecular weight excluding hydrogens is 486 g/mol. The number of nitrogen functional groups attached to an aromatic ring is 1. The number of likely N-dealkylation sites (N-methyl/N-ethyl adjacent to an activating group) is 1. The number of hydrogen-bond acceptors (Lipinski definition) is 7. The van der Waals surface area contributed by atoms with Gasteiger partial charge < -0.3 is 16.5 Å². The van der Waals surface area contributed by atoms with E-state index in [1.54, 1.807) is 60.7 Å². The minimum Gasteiger partial charge on any atom is -0.398 e. The van der Waals surface area contributed by atoms with E-state index < -0.39 is 22.0 Å². The van der Waals surface area contributed by atoms with Gasteiger partial charge in [-0.3, -0.25) is 4.79 Å². The van der Waals surface area contributed by atoms with Crippen LogP contribution in [0.5, 0.6) is 0 Å². The fraction of sp³-hybridized carbons (Fsp3) is 0.160. The lowest BCUT2D eigenvalue weighted by molar-refractivity contribution is -0.126. The minimum atomic E-state index is -3.78. The summed E-state index contributed by atoms with van der Waals surface area (Å²) in [6, 6.07) is 18.4. The highest BCUT2D eigenvalue weighted by Gasteiger charge is 2.28. The van der Waals surface area contributed by atoms with Crippen LogP contribution in [0.25, 0.3) is 11.1 Å². The second-order valence-electron chi connectivity index (χ2n) is 7.91. The number of hydrogen-bond donors (Lipinski definition) is 3. The van der Waals surface area contributed by atoms with E-state index in [0.29, 0.717) is 43.0 Å². The van der Waals surface area contributed by atoms with Crippen molar-refractivity contribution < 1.29 is 13.2 Å². The number of nitriles is 1. The van der Waals surface area contributed by atoms with Crippen molar-refractivity contribution >= 4 is 45.1 Å². The molecule has 3 aromatic rings. The summed E-state index contributed by atoms with van der Waals surface area (Å²) < 4.78 is 24.8. The summed E-state index contributed by atoms with van der Waals surface area (Å²) in [5, 5.41) is 20.7. The van der Waals surface area contributed by atoms with E-state index >= 15 is 0 Å². The molecule has 0 aromatic heterocycles. The van der Waals surface area contributed by atoms with Gasteiger partial charge >= 0.3 is 0 Å². The van der Waals surface area contributed by atoms with Crippen LogP contribution in [-0.2, 0) is 21.2 Å². The minimum absolute atomic E-state index is 0.103. The monoisotopic (exact) mass is 509 g/mol. The first-order chi connectivity index (χ1) is 16.5. The van der Waals surface area contributed by atoms with Gasteiger partial charge in [0.2, 0.25) is 10.0 Å². The molecule has 4 N–H and O–H groups in total. The van der Waals surface area contributed by atoms with E-state index in [4.69, 9.17) is 22.7 Å². The second-order valence-corrected chi connectivity index (χ2v) is 10.4. The first kappa shape index (κ1) is 25.7. The Morgan fingerprint density at radius 2 is 1.91 bits per heavy atom. The number of rotatable bonds is 8. The molecule has 3 aromatic carbocycles. The lowest BCUT2D eigenvalue weighted by Crippen LogP contribution is -2.44. The molecule has 0 unspecified atom stereocenters. The van der Waals surface area contributed by atoms with Crippen LogP contribution in [0, 0.1) is 16.7 Å². The number of nitrogens with zero attached hydrogens (tertiary/aromatic N) is 2. The van der Waals surface area contributed by atoms with Crippen LogP contribution < -0.4 is 11.1 Å². The zero-order valence-electron chi connectivity index (χ0n) is 19.1. The van der Waals surface area contributed by atoms with Crippen molar-refractivity contribution in [3.05, 3.63) is 82.4 Å². The first-order valence-corrected chi connectivity index (χ1v) is 12.7. The second kappa shape index (κ2) is 10.6. The Morgan fingerprint density at radius 1 is 1.23 bits per heavy atom. The third-order valence-corrected chi connectivity index (χ3v) is 6.95. The quantitative estimate of drug-likeness (QED) is 0.310. The smallest absolute Gasteiger partial charge is 0.258 e. The van der Waals surface area contributed by atoms with Crippen LogP contribution in [0.3, 0.4) is 0 Å². The Bertz CT molecular complexity index is 1420. The number of anilines is 2. The van der Waals surface area contributed by atoms with Gasteiger partial charge in [0.05, 0.1) is 17.9 Å². The molecule has 0 aliphatic heterocycles. The molecule has 0 spiro atoms. The van der Waals surface area contributed by atoms with Crippen LogP contribution in [0.4, 0.5) is 11.4 Å². The Hall–Kier alpha value is -3.87. The van der Waals surface area contributed by atoms with Gasteiger partial charge in [0, 0.05) is 41.6 Å². The highest BCUT2D eigenvalue weighted by molar-refractivity contribution is 7.88. The molecule has 0 radical (unpaired) electrons. The summed E-state index contributed by atoms with van der Waals surface area (Å²) in [4.78, 5) is 13.1. The van der Waals surface area contributed by atoms with Crippen LogP contribution >= 0.6 is 11.6 Å². The van der Waals surface area contributed by atoms with E-state index in [2.05, 4.69) is 11.4 Å². The van der Waals surface area contributed by atoms with Crippen LogP contribution in [0.2, 0.25) is 5.02 Å². The molecule has 0 saturated carbocycles. The summed E-state index contributed by atoms with van der Waals surface area (Å²) in [5.41, 5.74) is 9.96. The van der Waals surface area contributed by atoms with Gasteiger partial charge in [0.15, 0.2) is 0 Å². The molecule has 0 bridgehead atoms. The van der Waals surface area contributed by atoms with Crippen molar-refractivity contribution in [2.24, 2.45) is 0 Å². The van der Waals surface area contributed by atoms with Crippen molar-refractivity contribution in [1.29, 1.82) is 10.7 Å². The molecule has 1 amide bonds. The molecule has 0 saturated heterocycles. The standard InChI is InChI=1S/C25H24ClN5O3S/c1-31(35(2,33)34)25(32)24(13-17-4-3-5-23(29)22(17)15-28)30-20-9-6-16(7-10-20)21-11-8-19(26)12-18(21)14-27/h3-12,15,24,28,30H,13,29H2,1-2H3/t24-/m0/s1. The predicted molar refractivity (Wildman–Crippen MR) is 139 cm³/mol.